The van der Waals surface area contributed by atoms with Crippen molar-refractivity contribution in [3.8, 4) is 5.75 Å². The van der Waals surface area contributed by atoms with Gasteiger partial charge in [0.1, 0.15) is 11.1 Å². The molecule has 0 unspecified atom stereocenters. The third kappa shape index (κ3) is 4.86. The molecule has 3 aromatic rings. The minimum atomic E-state index is -0.232. The first-order chi connectivity index (χ1) is 15.0. The first-order valence-electron chi connectivity index (χ1n) is 9.75. The number of halogens is 1. The van der Waals surface area contributed by atoms with Crippen LogP contribution in [0.15, 0.2) is 72.8 Å². The van der Waals surface area contributed by atoms with E-state index in [9.17, 15) is 9.59 Å². The van der Waals surface area contributed by atoms with Crippen molar-refractivity contribution in [1.29, 1.82) is 0 Å². The molecule has 0 spiro atoms. The number of ether oxygens (including phenoxy) is 1. The molecule has 5 nitrogen and oxygen atoms in total. The van der Waals surface area contributed by atoms with Gasteiger partial charge in [0.25, 0.3) is 5.91 Å². The molecule has 158 valence electrons. The molecule has 1 N–H and O–H groups in total. The number of hydrogen-bond acceptors (Lipinski definition) is 4. The molecular formula is C24H21ClN2O3S. The summed E-state index contributed by atoms with van der Waals surface area (Å²) in [6, 6.07) is 22.4. The van der Waals surface area contributed by atoms with Gasteiger partial charge in [0.05, 0.1) is 17.9 Å². The number of thioether (sulfide) groups is 1. The fraction of sp³-hybridized carbons (Fsp3) is 0.167. The number of anilines is 1. The summed E-state index contributed by atoms with van der Waals surface area (Å²) in [4.78, 5) is 26.9. The molecule has 7 heteroatoms. The van der Waals surface area contributed by atoms with E-state index < -0.39 is 0 Å². The van der Waals surface area contributed by atoms with Gasteiger partial charge in [-0.2, -0.15) is 0 Å². The lowest BCUT2D eigenvalue weighted by molar-refractivity contribution is -0.128. The van der Waals surface area contributed by atoms with Crippen LogP contribution < -0.4 is 10.1 Å². The zero-order valence-electron chi connectivity index (χ0n) is 16.9. The van der Waals surface area contributed by atoms with E-state index in [1.165, 1.54) is 7.11 Å². The molecule has 1 heterocycles. The predicted molar refractivity (Wildman–Crippen MR) is 125 cm³/mol. The fourth-order valence-corrected chi connectivity index (χ4v) is 4.87. The van der Waals surface area contributed by atoms with Gasteiger partial charge in [-0.3, -0.25) is 9.59 Å². The van der Waals surface area contributed by atoms with Crippen LogP contribution in [0.4, 0.5) is 5.69 Å². The Morgan fingerprint density at radius 3 is 2.55 bits per heavy atom. The Bertz CT molecular complexity index is 1090. The lowest BCUT2D eigenvalue weighted by atomic mass is 10.1. The normalized spacial score (nSPS) is 15.7. The molecule has 1 aliphatic heterocycles. The predicted octanol–water partition coefficient (Wildman–Crippen LogP) is 5.38. The molecule has 3 aromatic carbocycles. The van der Waals surface area contributed by atoms with E-state index in [4.69, 9.17) is 16.3 Å². The Labute approximate surface area is 190 Å². The molecule has 1 atom stereocenters. The minimum absolute atomic E-state index is 0.0646. The molecule has 0 radical (unpaired) electrons. The molecule has 0 saturated carbocycles. The maximum atomic E-state index is 12.6. The van der Waals surface area contributed by atoms with Crippen LogP contribution in [0.2, 0.25) is 5.02 Å². The van der Waals surface area contributed by atoms with E-state index in [2.05, 4.69) is 5.32 Å². The maximum absolute atomic E-state index is 12.6. The van der Waals surface area contributed by atoms with E-state index in [0.29, 0.717) is 34.3 Å². The van der Waals surface area contributed by atoms with Crippen molar-refractivity contribution >= 4 is 40.9 Å². The number of nitrogens with one attached hydrogen (secondary N) is 1. The van der Waals surface area contributed by atoms with Gasteiger partial charge in [-0.25, -0.2) is 0 Å². The summed E-state index contributed by atoms with van der Waals surface area (Å²) in [5.41, 5.74) is 3.21. The average Bonchev–Trinajstić information content (AvgIpc) is 3.15. The van der Waals surface area contributed by atoms with Gasteiger partial charge in [0.15, 0.2) is 0 Å². The summed E-state index contributed by atoms with van der Waals surface area (Å²) in [6.45, 7) is 0.567. The number of nitrogens with zero attached hydrogens (tertiary/aromatic N) is 1. The van der Waals surface area contributed by atoms with Crippen molar-refractivity contribution in [1.82, 2.24) is 4.90 Å². The Hall–Kier alpha value is -2.96. The van der Waals surface area contributed by atoms with Gasteiger partial charge >= 0.3 is 0 Å². The standard InChI is InChI=1S/C24H21ClN2O3S/c1-30-21-12-11-19(13-20(21)25)26-23(29)17-7-9-18(10-8-17)24-27(22(28)15-31-24)14-16-5-3-2-4-6-16/h2-13,24H,14-15H2,1H3,(H,26,29)/t24-/m0/s1. The number of amides is 2. The molecule has 2 amide bonds. The molecule has 0 aromatic heterocycles. The average molecular weight is 453 g/mol. The third-order valence-corrected chi connectivity index (χ3v) is 6.58. The van der Waals surface area contributed by atoms with Gasteiger partial charge in [-0.15, -0.1) is 11.8 Å². The lowest BCUT2D eigenvalue weighted by Gasteiger charge is -2.24. The summed E-state index contributed by atoms with van der Waals surface area (Å²) in [5, 5.41) is 3.20. The molecule has 1 aliphatic rings. The van der Waals surface area contributed by atoms with Crippen molar-refractivity contribution in [3.05, 3.63) is 94.5 Å². The van der Waals surface area contributed by atoms with Crippen LogP contribution in [-0.4, -0.2) is 29.6 Å². The lowest BCUT2D eigenvalue weighted by Crippen LogP contribution is -2.27. The second-order valence-corrected chi connectivity index (χ2v) is 8.57. The summed E-state index contributed by atoms with van der Waals surface area (Å²) in [7, 11) is 1.54. The zero-order chi connectivity index (χ0) is 21.8. The smallest absolute Gasteiger partial charge is 0.255 e. The third-order valence-electron chi connectivity index (χ3n) is 5.03. The number of methoxy groups -OCH3 is 1. The summed E-state index contributed by atoms with van der Waals surface area (Å²) in [5.74, 6) is 0.895. The minimum Gasteiger partial charge on any atom is -0.495 e. The molecule has 0 bridgehead atoms. The van der Waals surface area contributed by atoms with E-state index >= 15 is 0 Å². The maximum Gasteiger partial charge on any atom is 0.255 e. The van der Waals surface area contributed by atoms with Crippen molar-refractivity contribution in [3.63, 3.8) is 0 Å². The molecular weight excluding hydrogens is 432 g/mol. The molecule has 0 aliphatic carbocycles. The highest BCUT2D eigenvalue weighted by molar-refractivity contribution is 8.00. The number of benzene rings is 3. The van der Waals surface area contributed by atoms with Gasteiger partial charge in [0.2, 0.25) is 5.91 Å². The summed E-state index contributed by atoms with van der Waals surface area (Å²) < 4.78 is 5.13. The second kappa shape index (κ2) is 9.45. The zero-order valence-corrected chi connectivity index (χ0v) is 18.5. The Morgan fingerprint density at radius 1 is 1.13 bits per heavy atom. The van der Waals surface area contributed by atoms with Crippen LogP contribution in [-0.2, 0) is 11.3 Å². The largest absolute Gasteiger partial charge is 0.495 e. The van der Waals surface area contributed by atoms with E-state index in [-0.39, 0.29) is 17.2 Å². The summed E-state index contributed by atoms with van der Waals surface area (Å²) in [6.07, 6.45) is 0. The van der Waals surface area contributed by atoms with Gasteiger partial charge in [-0.1, -0.05) is 54.1 Å². The topological polar surface area (TPSA) is 58.6 Å². The van der Waals surface area contributed by atoms with Crippen LogP contribution >= 0.6 is 23.4 Å². The monoisotopic (exact) mass is 452 g/mol. The summed E-state index contributed by atoms with van der Waals surface area (Å²) >= 11 is 7.73. The molecule has 1 fully saturated rings. The van der Waals surface area contributed by atoms with Crippen LogP contribution in [0.5, 0.6) is 5.75 Å². The van der Waals surface area contributed by atoms with Crippen molar-refractivity contribution in [2.45, 2.75) is 11.9 Å². The van der Waals surface area contributed by atoms with Crippen LogP contribution in [0.25, 0.3) is 0 Å². The van der Waals surface area contributed by atoms with Crippen LogP contribution in [0.1, 0.15) is 26.9 Å². The highest BCUT2D eigenvalue weighted by Gasteiger charge is 2.32. The van der Waals surface area contributed by atoms with Gasteiger partial charge in [-0.05, 0) is 41.5 Å². The highest BCUT2D eigenvalue weighted by Crippen LogP contribution is 2.39. The molecule has 1 saturated heterocycles. The first kappa shape index (κ1) is 21.3. The molecule has 4 rings (SSSR count). The van der Waals surface area contributed by atoms with E-state index in [1.807, 2.05) is 47.4 Å². The quantitative estimate of drug-likeness (QED) is 0.545. The second-order valence-electron chi connectivity index (χ2n) is 7.10. The van der Waals surface area contributed by atoms with E-state index in [0.717, 1.165) is 11.1 Å². The van der Waals surface area contributed by atoms with Crippen LogP contribution in [0, 0.1) is 0 Å². The first-order valence-corrected chi connectivity index (χ1v) is 11.2. The fourth-order valence-electron chi connectivity index (χ4n) is 3.43. The Morgan fingerprint density at radius 2 is 1.87 bits per heavy atom. The Balaban J connectivity index is 1.46. The number of carbonyl (C=O) groups is 2. The van der Waals surface area contributed by atoms with Crippen molar-refractivity contribution in [2.75, 3.05) is 18.2 Å². The van der Waals surface area contributed by atoms with E-state index in [1.54, 1.807) is 42.1 Å². The van der Waals surface area contributed by atoms with Gasteiger partial charge < -0.3 is 15.0 Å². The van der Waals surface area contributed by atoms with Crippen LogP contribution in [0.3, 0.4) is 0 Å². The van der Waals surface area contributed by atoms with Crippen molar-refractivity contribution < 1.29 is 14.3 Å². The van der Waals surface area contributed by atoms with Gasteiger partial charge in [0, 0.05) is 17.8 Å². The number of hydrogen-bond donors (Lipinski definition) is 1. The highest BCUT2D eigenvalue weighted by atomic mass is 35.5. The SMILES string of the molecule is COc1ccc(NC(=O)c2ccc([C@@H]3SCC(=O)N3Cc3ccccc3)cc2)cc1Cl. The molecule has 31 heavy (non-hydrogen) atoms. The Kier molecular flexibility index (Phi) is 6.49. The number of carbonyl (C=O) groups excluding carboxylic acids is 2. The van der Waals surface area contributed by atoms with Crippen molar-refractivity contribution in [2.24, 2.45) is 0 Å². The number of rotatable bonds is 6.